The van der Waals surface area contributed by atoms with Gasteiger partial charge in [0.1, 0.15) is 12.1 Å². The van der Waals surface area contributed by atoms with Gasteiger partial charge < -0.3 is 9.84 Å². The van der Waals surface area contributed by atoms with Crippen molar-refractivity contribution in [3.63, 3.8) is 0 Å². The Balaban J connectivity index is 1.88. The van der Waals surface area contributed by atoms with Crippen molar-refractivity contribution in [3.05, 3.63) is 72.6 Å². The van der Waals surface area contributed by atoms with E-state index in [0.717, 1.165) is 22.4 Å². The fraction of sp³-hybridized carbons (Fsp3) is 0.238. The first-order chi connectivity index (χ1) is 13.5. The molecule has 0 aliphatic heterocycles. The minimum Gasteiger partial charge on any atom is -0.482 e. The van der Waals surface area contributed by atoms with Crippen LogP contribution in [0.15, 0.2) is 61.3 Å². The van der Waals surface area contributed by atoms with Crippen molar-refractivity contribution >= 4 is 5.97 Å². The maximum Gasteiger partial charge on any atom is 0.341 e. The lowest BCUT2D eigenvalue weighted by molar-refractivity contribution is -0.139. The van der Waals surface area contributed by atoms with Crippen molar-refractivity contribution in [2.45, 2.75) is 19.5 Å². The molecule has 0 saturated carbocycles. The average molecular weight is 378 g/mol. The molecule has 2 aromatic heterocycles. The minimum atomic E-state index is -1.01. The number of hydrogen-bond acceptors (Lipinski definition) is 6. The Kier molecular flexibility index (Phi) is 6.29. The van der Waals surface area contributed by atoms with Crippen LogP contribution in [0.25, 0.3) is 11.1 Å². The van der Waals surface area contributed by atoms with E-state index in [4.69, 9.17) is 9.84 Å². The van der Waals surface area contributed by atoms with Crippen LogP contribution in [0.1, 0.15) is 24.2 Å². The third-order valence-electron chi connectivity index (χ3n) is 4.52. The van der Waals surface area contributed by atoms with Gasteiger partial charge in [0, 0.05) is 42.3 Å². The summed E-state index contributed by atoms with van der Waals surface area (Å²) in [7, 11) is 1.99. The standard InChI is InChI=1S/C21H22N4O3/c1-15(19-7-9-23-14-24-19)25(2)12-18-10-16(17-4-3-8-22-11-17)5-6-20(18)28-13-21(26)27/h3-11,14-15H,12-13H2,1-2H3,(H,26,27). The molecule has 0 saturated heterocycles. The first-order valence-electron chi connectivity index (χ1n) is 8.88. The molecule has 0 aliphatic carbocycles. The van der Waals surface area contributed by atoms with Gasteiger partial charge in [-0.2, -0.15) is 0 Å². The van der Waals surface area contributed by atoms with Crippen LogP contribution < -0.4 is 4.74 Å². The summed E-state index contributed by atoms with van der Waals surface area (Å²) in [5, 5.41) is 8.96. The topological polar surface area (TPSA) is 88.4 Å². The van der Waals surface area contributed by atoms with Crippen LogP contribution in [0.5, 0.6) is 5.75 Å². The van der Waals surface area contributed by atoms with Crippen LogP contribution >= 0.6 is 0 Å². The first kappa shape index (κ1) is 19.4. The molecule has 1 N–H and O–H groups in total. The Hall–Kier alpha value is -3.32. The van der Waals surface area contributed by atoms with Crippen LogP contribution in [0.4, 0.5) is 0 Å². The van der Waals surface area contributed by atoms with Crippen LogP contribution in [0, 0.1) is 0 Å². The number of aliphatic carboxylic acids is 1. The summed E-state index contributed by atoms with van der Waals surface area (Å²) in [5.41, 5.74) is 3.79. The van der Waals surface area contributed by atoms with Gasteiger partial charge >= 0.3 is 5.97 Å². The predicted molar refractivity (Wildman–Crippen MR) is 105 cm³/mol. The molecule has 0 amide bonds. The van der Waals surface area contributed by atoms with Gasteiger partial charge in [-0.1, -0.05) is 12.1 Å². The number of carbonyl (C=O) groups is 1. The summed E-state index contributed by atoms with van der Waals surface area (Å²) >= 11 is 0. The number of rotatable bonds is 8. The van der Waals surface area contributed by atoms with Gasteiger partial charge in [-0.15, -0.1) is 0 Å². The molecule has 3 aromatic rings. The molecule has 1 atom stereocenters. The lowest BCUT2D eigenvalue weighted by atomic mass is 10.0. The molecule has 0 spiro atoms. The Bertz CT molecular complexity index is 919. The van der Waals surface area contributed by atoms with Crippen LogP contribution in [0.2, 0.25) is 0 Å². The molecule has 0 radical (unpaired) electrons. The number of pyridine rings is 1. The molecule has 3 rings (SSSR count). The highest BCUT2D eigenvalue weighted by atomic mass is 16.5. The van der Waals surface area contributed by atoms with Gasteiger partial charge in [0.25, 0.3) is 0 Å². The monoisotopic (exact) mass is 378 g/mol. The van der Waals surface area contributed by atoms with Gasteiger partial charge in [-0.25, -0.2) is 14.8 Å². The van der Waals surface area contributed by atoms with Gasteiger partial charge in [0.05, 0.1) is 5.69 Å². The second-order valence-electron chi connectivity index (χ2n) is 6.47. The molecule has 0 aliphatic rings. The molecule has 0 bridgehead atoms. The lowest BCUT2D eigenvalue weighted by Crippen LogP contribution is -2.23. The van der Waals surface area contributed by atoms with Crippen LogP contribution in [-0.2, 0) is 11.3 Å². The number of benzene rings is 1. The maximum atomic E-state index is 10.9. The van der Waals surface area contributed by atoms with Crippen molar-refractivity contribution in [3.8, 4) is 16.9 Å². The van der Waals surface area contributed by atoms with Crippen molar-refractivity contribution in [2.75, 3.05) is 13.7 Å². The second kappa shape index (κ2) is 9.05. The zero-order valence-corrected chi connectivity index (χ0v) is 15.8. The summed E-state index contributed by atoms with van der Waals surface area (Å²) in [6.07, 6.45) is 6.78. The fourth-order valence-electron chi connectivity index (χ4n) is 2.88. The van der Waals surface area contributed by atoms with Gasteiger partial charge in [0.2, 0.25) is 0 Å². The Labute approximate surface area is 163 Å². The van der Waals surface area contributed by atoms with Gasteiger partial charge in [-0.3, -0.25) is 9.88 Å². The van der Waals surface area contributed by atoms with E-state index in [-0.39, 0.29) is 12.6 Å². The summed E-state index contributed by atoms with van der Waals surface area (Å²) in [6.45, 7) is 2.24. The molecule has 7 nitrogen and oxygen atoms in total. The number of hydrogen-bond donors (Lipinski definition) is 1. The summed E-state index contributed by atoms with van der Waals surface area (Å²) in [5.74, 6) is -0.457. The third kappa shape index (κ3) is 4.89. The highest BCUT2D eigenvalue weighted by Crippen LogP contribution is 2.29. The number of ether oxygens (including phenoxy) is 1. The summed E-state index contributed by atoms with van der Waals surface area (Å²) in [6, 6.07) is 11.5. The molecule has 1 unspecified atom stereocenters. The van der Waals surface area contributed by atoms with Crippen molar-refractivity contribution in [1.29, 1.82) is 0 Å². The van der Waals surface area contributed by atoms with Crippen molar-refractivity contribution < 1.29 is 14.6 Å². The van der Waals surface area contributed by atoms with Crippen LogP contribution in [0.3, 0.4) is 0 Å². The number of nitrogens with zero attached hydrogens (tertiary/aromatic N) is 4. The number of carboxylic acid groups (broad SMARTS) is 1. The largest absolute Gasteiger partial charge is 0.482 e. The van der Waals surface area contributed by atoms with Gasteiger partial charge in [-0.05, 0) is 43.8 Å². The molecule has 2 heterocycles. The fourth-order valence-corrected chi connectivity index (χ4v) is 2.88. The highest BCUT2D eigenvalue weighted by molar-refractivity contribution is 5.69. The van der Waals surface area contributed by atoms with E-state index in [2.05, 4.69) is 26.8 Å². The van der Waals surface area contributed by atoms with E-state index in [1.807, 2.05) is 43.4 Å². The first-order valence-corrected chi connectivity index (χ1v) is 8.88. The molecule has 7 heteroatoms. The molecule has 0 fully saturated rings. The zero-order valence-electron chi connectivity index (χ0n) is 15.8. The van der Waals surface area contributed by atoms with Gasteiger partial charge in [0.15, 0.2) is 6.61 Å². The third-order valence-corrected chi connectivity index (χ3v) is 4.52. The van der Waals surface area contributed by atoms with E-state index in [9.17, 15) is 4.79 Å². The Morgan fingerprint density at radius 2 is 2.04 bits per heavy atom. The van der Waals surface area contributed by atoms with Crippen molar-refractivity contribution in [1.82, 2.24) is 19.9 Å². The number of aromatic nitrogens is 3. The SMILES string of the molecule is CC(c1ccncn1)N(C)Cc1cc(-c2cccnc2)ccc1OCC(=O)O. The van der Waals surface area contributed by atoms with Crippen molar-refractivity contribution in [2.24, 2.45) is 0 Å². The smallest absolute Gasteiger partial charge is 0.341 e. The van der Waals surface area contributed by atoms with E-state index >= 15 is 0 Å². The second-order valence-corrected chi connectivity index (χ2v) is 6.47. The molecule has 28 heavy (non-hydrogen) atoms. The molecular weight excluding hydrogens is 356 g/mol. The Morgan fingerprint density at radius 3 is 2.71 bits per heavy atom. The Morgan fingerprint density at radius 1 is 1.18 bits per heavy atom. The maximum absolute atomic E-state index is 10.9. The highest BCUT2D eigenvalue weighted by Gasteiger charge is 2.16. The number of carboxylic acids is 1. The van der Waals surface area contributed by atoms with E-state index in [1.54, 1.807) is 18.6 Å². The normalized spacial score (nSPS) is 12.0. The summed E-state index contributed by atoms with van der Waals surface area (Å²) < 4.78 is 5.51. The van der Waals surface area contributed by atoms with E-state index in [0.29, 0.717) is 12.3 Å². The van der Waals surface area contributed by atoms with E-state index < -0.39 is 5.97 Å². The quantitative estimate of drug-likeness (QED) is 0.644. The molecule has 1 aromatic carbocycles. The molecular formula is C21H22N4O3. The molecule has 144 valence electrons. The van der Waals surface area contributed by atoms with E-state index in [1.165, 1.54) is 6.33 Å². The lowest BCUT2D eigenvalue weighted by Gasteiger charge is -2.25. The minimum absolute atomic E-state index is 0.0531. The zero-order chi connectivity index (χ0) is 19.9. The predicted octanol–water partition coefficient (Wildman–Crippen LogP) is 3.20. The summed E-state index contributed by atoms with van der Waals surface area (Å²) in [4.78, 5) is 25.5. The average Bonchev–Trinajstić information content (AvgIpc) is 2.73. The van der Waals surface area contributed by atoms with Crippen LogP contribution in [-0.4, -0.2) is 44.6 Å².